The molecule has 0 unspecified atom stereocenters. The van der Waals surface area contributed by atoms with Gasteiger partial charge in [0.2, 0.25) is 0 Å². The van der Waals surface area contributed by atoms with Gasteiger partial charge in [-0.3, -0.25) is 9.59 Å². The van der Waals surface area contributed by atoms with E-state index in [1.807, 2.05) is 36.4 Å². The molecule has 8 heteroatoms. The SMILES string of the molecule is O=C(Cc1ccc2c(c1)OCCO2)OCc1cccc(COC(=O)Cc2ccc3c(c2)OCCO3)c1. The van der Waals surface area contributed by atoms with Crippen LogP contribution in [0.15, 0.2) is 60.7 Å². The Morgan fingerprint density at radius 2 is 1.00 bits per heavy atom. The minimum Gasteiger partial charge on any atom is -0.486 e. The number of hydrogen-bond acceptors (Lipinski definition) is 8. The molecule has 0 aromatic heterocycles. The maximum Gasteiger partial charge on any atom is 0.310 e. The molecule has 3 aromatic carbocycles. The monoisotopic (exact) mass is 490 g/mol. The van der Waals surface area contributed by atoms with Gasteiger partial charge in [-0.25, -0.2) is 0 Å². The average molecular weight is 491 g/mol. The van der Waals surface area contributed by atoms with E-state index in [0.717, 1.165) is 22.3 Å². The van der Waals surface area contributed by atoms with Crippen LogP contribution in [0, 0.1) is 0 Å². The lowest BCUT2D eigenvalue weighted by Crippen LogP contribution is -2.16. The van der Waals surface area contributed by atoms with E-state index in [1.54, 1.807) is 24.3 Å². The quantitative estimate of drug-likeness (QED) is 0.441. The number of carbonyl (C=O) groups excluding carboxylic acids is 2. The van der Waals surface area contributed by atoms with Crippen molar-refractivity contribution in [1.82, 2.24) is 0 Å². The molecule has 8 nitrogen and oxygen atoms in total. The molecule has 0 saturated carbocycles. The predicted molar refractivity (Wildman–Crippen MR) is 128 cm³/mol. The van der Waals surface area contributed by atoms with Gasteiger partial charge in [-0.2, -0.15) is 0 Å². The van der Waals surface area contributed by atoms with Crippen LogP contribution in [0.5, 0.6) is 23.0 Å². The molecule has 0 amide bonds. The molecule has 5 rings (SSSR count). The molecule has 3 aromatic rings. The van der Waals surface area contributed by atoms with Crippen LogP contribution in [0.3, 0.4) is 0 Å². The van der Waals surface area contributed by atoms with Crippen LogP contribution in [0.2, 0.25) is 0 Å². The molecule has 0 N–H and O–H groups in total. The molecule has 186 valence electrons. The maximum atomic E-state index is 12.3. The first-order valence-corrected chi connectivity index (χ1v) is 11.8. The zero-order chi connectivity index (χ0) is 24.7. The Morgan fingerprint density at radius 1 is 0.556 bits per heavy atom. The number of rotatable bonds is 8. The Kier molecular flexibility index (Phi) is 7.21. The molecule has 0 aliphatic carbocycles. The first-order chi connectivity index (χ1) is 17.6. The number of esters is 2. The highest BCUT2D eigenvalue weighted by Gasteiger charge is 2.15. The Bertz CT molecular complexity index is 1160. The fourth-order valence-corrected chi connectivity index (χ4v) is 3.97. The summed E-state index contributed by atoms with van der Waals surface area (Å²) in [7, 11) is 0. The average Bonchev–Trinajstić information content (AvgIpc) is 2.91. The molecule has 0 atom stereocenters. The van der Waals surface area contributed by atoms with Gasteiger partial charge in [0.25, 0.3) is 0 Å². The first kappa shape index (κ1) is 23.5. The fraction of sp³-hybridized carbons (Fsp3) is 0.286. The Hall–Kier alpha value is -4.20. The second kappa shape index (κ2) is 11.0. The molecular weight excluding hydrogens is 464 g/mol. The van der Waals surface area contributed by atoms with E-state index < -0.39 is 0 Å². The normalized spacial score (nSPS) is 13.6. The van der Waals surface area contributed by atoms with Crippen molar-refractivity contribution in [2.75, 3.05) is 26.4 Å². The molecule has 2 heterocycles. The Morgan fingerprint density at radius 3 is 1.47 bits per heavy atom. The second-order valence-corrected chi connectivity index (χ2v) is 8.45. The second-order valence-electron chi connectivity index (χ2n) is 8.45. The number of fused-ring (bicyclic) bond motifs is 2. The summed E-state index contributed by atoms with van der Waals surface area (Å²) in [5.41, 5.74) is 3.21. The van der Waals surface area contributed by atoms with Crippen molar-refractivity contribution in [3.05, 3.63) is 82.9 Å². The molecule has 2 aliphatic heterocycles. The van der Waals surface area contributed by atoms with Gasteiger partial charge in [0.15, 0.2) is 23.0 Å². The van der Waals surface area contributed by atoms with Gasteiger partial charge in [0.05, 0.1) is 12.8 Å². The smallest absolute Gasteiger partial charge is 0.310 e. The Labute approximate surface area is 208 Å². The van der Waals surface area contributed by atoms with Gasteiger partial charge >= 0.3 is 11.9 Å². The summed E-state index contributed by atoms with van der Waals surface area (Å²) in [6, 6.07) is 18.3. The van der Waals surface area contributed by atoms with Crippen molar-refractivity contribution < 1.29 is 38.0 Å². The third-order valence-electron chi connectivity index (χ3n) is 5.70. The predicted octanol–water partition coefficient (Wildman–Crippen LogP) is 3.80. The summed E-state index contributed by atoms with van der Waals surface area (Å²) in [6.07, 6.45) is 0.265. The third kappa shape index (κ3) is 6.07. The van der Waals surface area contributed by atoms with Crippen LogP contribution < -0.4 is 18.9 Å². The molecular formula is C28H26O8. The van der Waals surface area contributed by atoms with Crippen molar-refractivity contribution in [1.29, 1.82) is 0 Å². The standard InChI is InChI=1S/C28H26O8/c29-27(15-19-4-6-23-25(13-19)33-10-8-31-23)35-17-21-2-1-3-22(12-21)18-36-28(30)16-20-5-7-24-26(14-20)34-11-9-32-24/h1-7,12-14H,8-11,15-18H2. The number of hydrogen-bond donors (Lipinski definition) is 0. The number of ether oxygens (including phenoxy) is 6. The van der Waals surface area contributed by atoms with Crippen LogP contribution in [0.25, 0.3) is 0 Å². The van der Waals surface area contributed by atoms with E-state index >= 15 is 0 Å². The first-order valence-electron chi connectivity index (χ1n) is 11.8. The summed E-state index contributed by atoms with van der Waals surface area (Å²) < 4.78 is 33.0. The lowest BCUT2D eigenvalue weighted by Gasteiger charge is -2.18. The third-order valence-corrected chi connectivity index (χ3v) is 5.70. The van der Waals surface area contributed by atoms with Gasteiger partial charge in [0.1, 0.15) is 39.6 Å². The van der Waals surface area contributed by atoms with Crippen molar-refractivity contribution in [3.63, 3.8) is 0 Å². The molecule has 0 saturated heterocycles. The minimum absolute atomic E-state index is 0.127. The van der Waals surface area contributed by atoms with Crippen LogP contribution in [-0.4, -0.2) is 38.4 Å². The molecule has 0 spiro atoms. The van der Waals surface area contributed by atoms with Gasteiger partial charge in [-0.05, 0) is 52.6 Å². The highest BCUT2D eigenvalue weighted by Crippen LogP contribution is 2.32. The summed E-state index contributed by atoms with van der Waals surface area (Å²) >= 11 is 0. The fourth-order valence-electron chi connectivity index (χ4n) is 3.97. The lowest BCUT2D eigenvalue weighted by atomic mass is 10.1. The van der Waals surface area contributed by atoms with Gasteiger partial charge in [-0.1, -0.05) is 30.3 Å². The van der Waals surface area contributed by atoms with E-state index in [2.05, 4.69) is 0 Å². The Balaban J connectivity index is 1.09. The zero-order valence-electron chi connectivity index (χ0n) is 19.7. The molecule has 0 fully saturated rings. The van der Waals surface area contributed by atoms with E-state index in [1.165, 1.54) is 0 Å². The molecule has 2 aliphatic rings. The largest absolute Gasteiger partial charge is 0.486 e. The topological polar surface area (TPSA) is 89.5 Å². The van der Waals surface area contributed by atoms with E-state index in [0.29, 0.717) is 49.4 Å². The zero-order valence-corrected chi connectivity index (χ0v) is 19.7. The minimum atomic E-state index is -0.345. The van der Waals surface area contributed by atoms with Crippen LogP contribution in [0.4, 0.5) is 0 Å². The summed E-state index contributed by atoms with van der Waals surface area (Å²) in [4.78, 5) is 24.7. The van der Waals surface area contributed by atoms with Gasteiger partial charge < -0.3 is 28.4 Å². The number of benzene rings is 3. The van der Waals surface area contributed by atoms with E-state index in [9.17, 15) is 9.59 Å². The number of carbonyl (C=O) groups is 2. The van der Waals surface area contributed by atoms with Crippen molar-refractivity contribution >= 4 is 11.9 Å². The summed E-state index contributed by atoms with van der Waals surface area (Å²) in [5.74, 6) is 1.96. The summed E-state index contributed by atoms with van der Waals surface area (Å²) in [6.45, 7) is 2.28. The summed E-state index contributed by atoms with van der Waals surface area (Å²) in [5, 5.41) is 0. The van der Waals surface area contributed by atoms with Crippen LogP contribution in [0.1, 0.15) is 22.3 Å². The van der Waals surface area contributed by atoms with E-state index in [-0.39, 0.29) is 38.0 Å². The van der Waals surface area contributed by atoms with Crippen molar-refractivity contribution in [3.8, 4) is 23.0 Å². The molecule has 0 radical (unpaired) electrons. The molecule has 36 heavy (non-hydrogen) atoms. The lowest BCUT2D eigenvalue weighted by molar-refractivity contribution is -0.144. The molecule has 0 bridgehead atoms. The van der Waals surface area contributed by atoms with Crippen molar-refractivity contribution in [2.24, 2.45) is 0 Å². The highest BCUT2D eigenvalue weighted by molar-refractivity contribution is 5.73. The van der Waals surface area contributed by atoms with E-state index in [4.69, 9.17) is 28.4 Å². The van der Waals surface area contributed by atoms with Gasteiger partial charge in [0, 0.05) is 0 Å². The van der Waals surface area contributed by atoms with Crippen LogP contribution >= 0.6 is 0 Å². The van der Waals surface area contributed by atoms with Crippen LogP contribution in [-0.2, 0) is 45.1 Å². The highest BCUT2D eigenvalue weighted by atomic mass is 16.6. The van der Waals surface area contributed by atoms with Gasteiger partial charge in [-0.15, -0.1) is 0 Å². The van der Waals surface area contributed by atoms with Crippen molar-refractivity contribution in [2.45, 2.75) is 26.1 Å². The maximum absolute atomic E-state index is 12.3.